The van der Waals surface area contributed by atoms with Crippen LogP contribution < -0.4 is 10.6 Å². The third-order valence-electron chi connectivity index (χ3n) is 10.2. The maximum absolute atomic E-state index is 14.4. The Hall–Kier alpha value is -5.47. The Kier molecular flexibility index (Phi) is 10.2. The fourth-order valence-electron chi connectivity index (χ4n) is 7.23. The molecule has 1 aromatic carbocycles. The van der Waals surface area contributed by atoms with Crippen LogP contribution in [0.15, 0.2) is 52.6 Å². The maximum Gasteiger partial charge on any atom is 0.433 e. The van der Waals surface area contributed by atoms with Gasteiger partial charge in [-0.05, 0) is 100 Å². The van der Waals surface area contributed by atoms with Crippen LogP contribution in [0.5, 0.6) is 0 Å². The van der Waals surface area contributed by atoms with E-state index in [0.717, 1.165) is 22.8 Å². The van der Waals surface area contributed by atoms with Crippen molar-refractivity contribution in [1.82, 2.24) is 25.0 Å². The highest BCUT2D eigenvalue weighted by Crippen LogP contribution is 2.59. The molecule has 4 heterocycles. The second-order valence-electron chi connectivity index (χ2n) is 14.0. The lowest BCUT2D eigenvalue weighted by Crippen LogP contribution is -2.47. The van der Waals surface area contributed by atoms with E-state index in [2.05, 4.69) is 37.4 Å². The van der Waals surface area contributed by atoms with Gasteiger partial charge in [0.2, 0.25) is 17.7 Å². The van der Waals surface area contributed by atoms with Crippen LogP contribution in [-0.4, -0.2) is 74.4 Å². The molecule has 0 unspecified atom stereocenters. The van der Waals surface area contributed by atoms with Gasteiger partial charge in [-0.15, -0.1) is 0 Å². The number of allylic oxidation sites excluding steroid dienone is 3. The van der Waals surface area contributed by atoms with Gasteiger partial charge in [0.05, 0.1) is 5.52 Å². The SMILES string of the molecule is C=NC(C)=N/C=C(\C)c1cc2c3c(c1)c(C(C)=O)nn3CC(=O)N1[C@H](C(=O)Nc3nc(C(F)(F)F)ccc3C)C[C@@]3(CNC(=O)CCC/C=C\C2)C[C@@H]13. The van der Waals surface area contributed by atoms with Crippen molar-refractivity contribution in [2.24, 2.45) is 15.4 Å². The molecule has 2 aromatic heterocycles. The molecule has 278 valence electrons. The van der Waals surface area contributed by atoms with Crippen molar-refractivity contribution < 1.29 is 32.3 Å². The number of carbonyl (C=O) groups excluding carboxylic acids is 4. The lowest BCUT2D eigenvalue weighted by molar-refractivity contribution is -0.141. The van der Waals surface area contributed by atoms with Gasteiger partial charge in [0.1, 0.15) is 35.6 Å². The van der Waals surface area contributed by atoms with E-state index in [-0.39, 0.29) is 49.1 Å². The van der Waals surface area contributed by atoms with Crippen LogP contribution in [0.3, 0.4) is 0 Å². The van der Waals surface area contributed by atoms with Crippen LogP contribution in [0.4, 0.5) is 19.0 Å². The molecular formula is C38H41F3N8O4. The first-order chi connectivity index (χ1) is 25.1. The molecule has 2 bridgehead atoms. The van der Waals surface area contributed by atoms with Gasteiger partial charge in [-0.3, -0.25) is 23.9 Å². The van der Waals surface area contributed by atoms with Crippen molar-refractivity contribution in [3.8, 4) is 0 Å². The first-order valence-corrected chi connectivity index (χ1v) is 17.4. The summed E-state index contributed by atoms with van der Waals surface area (Å²) < 4.78 is 42.0. The number of ketones is 1. The van der Waals surface area contributed by atoms with Gasteiger partial charge in [-0.1, -0.05) is 18.2 Å². The Labute approximate surface area is 304 Å². The van der Waals surface area contributed by atoms with E-state index in [1.54, 1.807) is 13.1 Å². The molecule has 3 aromatic rings. The number of nitrogens with zero attached hydrogens (tertiary/aromatic N) is 6. The molecule has 3 atom stereocenters. The normalized spacial score (nSPS) is 23.3. The maximum atomic E-state index is 14.4. The number of rotatable bonds is 5. The summed E-state index contributed by atoms with van der Waals surface area (Å²) in [6, 6.07) is 4.41. The Bertz CT molecular complexity index is 2120. The lowest BCUT2D eigenvalue weighted by atomic mass is 9.97. The van der Waals surface area contributed by atoms with E-state index in [9.17, 15) is 32.3 Å². The monoisotopic (exact) mass is 730 g/mol. The molecule has 12 nitrogen and oxygen atoms in total. The zero-order valence-corrected chi connectivity index (χ0v) is 30.0. The van der Waals surface area contributed by atoms with Crippen LogP contribution in [0.2, 0.25) is 0 Å². The van der Waals surface area contributed by atoms with Crippen LogP contribution >= 0.6 is 0 Å². The molecule has 15 heteroatoms. The van der Waals surface area contributed by atoms with Crippen LogP contribution in [0.25, 0.3) is 16.5 Å². The number of amides is 3. The Morgan fingerprint density at radius 2 is 1.91 bits per heavy atom. The second kappa shape index (κ2) is 14.5. The Morgan fingerprint density at radius 1 is 1.13 bits per heavy atom. The van der Waals surface area contributed by atoms with Crippen LogP contribution in [0.1, 0.15) is 85.7 Å². The number of alkyl halides is 3. The molecule has 3 amide bonds. The van der Waals surface area contributed by atoms with Crippen LogP contribution in [0, 0.1) is 12.3 Å². The number of aliphatic imine (C=N–C) groups is 2. The lowest BCUT2D eigenvalue weighted by Gasteiger charge is -2.27. The van der Waals surface area contributed by atoms with Gasteiger partial charge in [0.25, 0.3) is 0 Å². The van der Waals surface area contributed by atoms with E-state index < -0.39 is 41.2 Å². The molecule has 1 aliphatic carbocycles. The quantitative estimate of drug-likeness (QED) is 0.146. The number of hydrogen-bond acceptors (Lipinski definition) is 7. The summed E-state index contributed by atoms with van der Waals surface area (Å²) in [5, 5.41) is 10.7. The number of anilines is 1. The molecule has 1 saturated heterocycles. The Balaban J connectivity index is 1.42. The molecule has 6 rings (SSSR count). The first-order valence-electron chi connectivity index (χ1n) is 17.4. The molecule has 53 heavy (non-hydrogen) atoms. The minimum atomic E-state index is -4.72. The van der Waals surface area contributed by atoms with Crippen LogP contribution in [-0.2, 0) is 33.5 Å². The average molecular weight is 731 g/mol. The molecular weight excluding hydrogens is 689 g/mol. The predicted octanol–water partition coefficient (Wildman–Crippen LogP) is 5.84. The minimum absolute atomic E-state index is 0.143. The summed E-state index contributed by atoms with van der Waals surface area (Å²) in [5.41, 5.74) is 1.72. The molecule has 0 spiro atoms. The number of aryl methyl sites for hydroxylation is 1. The largest absolute Gasteiger partial charge is 0.433 e. The average Bonchev–Trinajstić information content (AvgIpc) is 3.52. The summed E-state index contributed by atoms with van der Waals surface area (Å²) in [6.45, 7) is 9.96. The van der Waals surface area contributed by atoms with Crippen molar-refractivity contribution in [3.05, 3.63) is 70.7 Å². The van der Waals surface area contributed by atoms with Crippen molar-refractivity contribution in [2.45, 2.75) is 91.0 Å². The van der Waals surface area contributed by atoms with Crippen molar-refractivity contribution >= 4 is 58.4 Å². The molecule has 2 aliphatic heterocycles. The highest BCUT2D eigenvalue weighted by atomic mass is 19.4. The van der Waals surface area contributed by atoms with E-state index in [4.69, 9.17) is 0 Å². The summed E-state index contributed by atoms with van der Waals surface area (Å²) in [6.07, 6.45) is 3.63. The highest BCUT2D eigenvalue weighted by molar-refractivity contribution is 6.07. The number of amidine groups is 1. The molecule has 2 fully saturated rings. The highest BCUT2D eigenvalue weighted by Gasteiger charge is 2.67. The number of aromatic nitrogens is 3. The van der Waals surface area contributed by atoms with E-state index in [1.165, 1.54) is 29.5 Å². The van der Waals surface area contributed by atoms with Crippen molar-refractivity contribution in [2.75, 3.05) is 11.9 Å². The van der Waals surface area contributed by atoms with Crippen molar-refractivity contribution in [3.63, 3.8) is 0 Å². The van der Waals surface area contributed by atoms with Gasteiger partial charge in [-0.25, -0.2) is 15.0 Å². The number of hydrogen-bond donors (Lipinski definition) is 2. The van der Waals surface area contributed by atoms with E-state index in [0.29, 0.717) is 48.0 Å². The van der Waals surface area contributed by atoms with Gasteiger partial charge < -0.3 is 15.5 Å². The summed E-state index contributed by atoms with van der Waals surface area (Å²) >= 11 is 0. The Morgan fingerprint density at radius 3 is 2.62 bits per heavy atom. The number of benzene rings is 1. The van der Waals surface area contributed by atoms with Gasteiger partial charge in [0.15, 0.2) is 5.78 Å². The second-order valence-corrected chi connectivity index (χ2v) is 14.0. The summed E-state index contributed by atoms with van der Waals surface area (Å²) in [5.74, 6) is -1.35. The summed E-state index contributed by atoms with van der Waals surface area (Å²) in [7, 11) is 0. The first kappa shape index (κ1) is 37.3. The number of piperidine rings is 1. The standard InChI is InChI=1S/C38H41F3N8O4/c1-21-12-13-29(38(39,40)41)45-35(21)46-36(53)28-16-37-17-30(37)49(28)32(52)19-48-34-25(10-8-6-7-9-11-31(51)44-20-37)14-26(22(2)18-43-24(4)42-5)15-27(34)33(47-48)23(3)50/h6,8,12-15,18,28,30H,5,7,9-11,16-17,19-20H2,1-4H3,(H,44,51)(H,45,46,53)/b8-6-,22-18+,43-24?/t28-,30+,37-/m0/s1. The minimum Gasteiger partial charge on any atom is -0.355 e. The number of Topliss-reactive ketones (excluding diaryl/α,β-unsaturated/α-hetero) is 1. The topological polar surface area (TPSA) is 151 Å². The predicted molar refractivity (Wildman–Crippen MR) is 194 cm³/mol. The smallest absolute Gasteiger partial charge is 0.355 e. The third kappa shape index (κ3) is 7.69. The van der Waals surface area contributed by atoms with Crippen molar-refractivity contribution in [1.29, 1.82) is 0 Å². The number of carbonyl (C=O) groups is 4. The fourth-order valence-corrected chi connectivity index (χ4v) is 7.23. The molecule has 2 N–H and O–H groups in total. The number of halogens is 3. The zero-order valence-electron chi connectivity index (χ0n) is 30.0. The molecule has 1 saturated carbocycles. The zero-order chi connectivity index (χ0) is 38.2. The molecule has 0 radical (unpaired) electrons. The third-order valence-corrected chi connectivity index (χ3v) is 10.2. The summed E-state index contributed by atoms with van der Waals surface area (Å²) in [4.78, 5) is 67.4. The number of nitrogens with one attached hydrogen (secondary N) is 2. The fraction of sp³-hybridized carbons (Fsp3) is 0.421. The van der Waals surface area contributed by atoms with Gasteiger partial charge in [0, 0.05) is 42.9 Å². The van der Waals surface area contributed by atoms with E-state index in [1.807, 2.05) is 31.2 Å². The van der Waals surface area contributed by atoms with Gasteiger partial charge in [-0.2, -0.15) is 18.3 Å². The molecule has 3 aliphatic rings. The number of pyridine rings is 1. The van der Waals surface area contributed by atoms with E-state index >= 15 is 0 Å². The van der Waals surface area contributed by atoms with Gasteiger partial charge >= 0.3 is 6.18 Å².